The number of carbonyl (C=O) groups excluding carboxylic acids is 5. The second-order valence-electron chi connectivity index (χ2n) is 9.46. The molecule has 0 saturated carbocycles. The van der Waals surface area contributed by atoms with E-state index in [9.17, 15) is 24.0 Å². The molecule has 0 unspecified atom stereocenters. The minimum Gasteiger partial charge on any atom is -0.494 e. The quantitative estimate of drug-likeness (QED) is 0.0958. The van der Waals surface area contributed by atoms with Crippen molar-refractivity contribution in [3.63, 3.8) is 0 Å². The number of unbranched alkanes of at least 4 members (excludes halogenated alkanes) is 1. The average molecular weight is 632 g/mol. The topological polar surface area (TPSA) is 153 Å². The maximum atomic E-state index is 12.5. The summed E-state index contributed by atoms with van der Waals surface area (Å²) in [5.74, 6) is -1.03. The number of benzene rings is 3. The van der Waals surface area contributed by atoms with Crippen LogP contribution >= 0.6 is 0 Å². The van der Waals surface area contributed by atoms with Crippen LogP contribution in [0.4, 0.5) is 4.79 Å². The van der Waals surface area contributed by atoms with E-state index < -0.39 is 30.0 Å². The van der Waals surface area contributed by atoms with Gasteiger partial charge in [-0.3, -0.25) is 0 Å². The normalized spacial score (nSPS) is 10.1. The largest absolute Gasteiger partial charge is 0.494 e. The molecule has 0 aromatic heterocycles. The third kappa shape index (κ3) is 12.0. The van der Waals surface area contributed by atoms with Crippen LogP contribution in [0.15, 0.2) is 97.6 Å². The molecule has 3 rings (SSSR count). The Kier molecular flexibility index (Phi) is 13.6. The van der Waals surface area contributed by atoms with Gasteiger partial charge in [0.1, 0.15) is 29.6 Å². The van der Waals surface area contributed by atoms with Gasteiger partial charge in [0.2, 0.25) is 0 Å². The molecule has 3 aromatic rings. The minimum atomic E-state index is -0.762. The molecular formula is C34H33NO11. The van der Waals surface area contributed by atoms with Gasteiger partial charge < -0.3 is 33.7 Å². The lowest BCUT2D eigenvalue weighted by Crippen LogP contribution is -2.30. The summed E-state index contributed by atoms with van der Waals surface area (Å²) in [7, 11) is 0. The molecule has 1 amide bonds. The third-order valence-electron chi connectivity index (χ3n) is 5.81. The molecule has 0 spiro atoms. The van der Waals surface area contributed by atoms with Crippen molar-refractivity contribution >= 4 is 30.0 Å². The number of esters is 4. The molecule has 0 aliphatic carbocycles. The summed E-state index contributed by atoms with van der Waals surface area (Å²) in [6.45, 7) is 9.02. The molecule has 0 saturated heterocycles. The standard InChI is InChI=1S/C34H33NO11/c1-4-30(36)42-21-6-5-20-41-26-11-7-24(8-12-26)32(38)44-27-15-17-28(18-16-27)45-33(39)25-9-13-29(14-10-25)46-34(40)35-19-22-43-31(37)23(2)3/h4,7-18H,1-2,5-6,19-22H2,3H3,(H,35,40). The van der Waals surface area contributed by atoms with Crippen LogP contribution in [0.3, 0.4) is 0 Å². The first-order valence-electron chi connectivity index (χ1n) is 14.1. The molecule has 0 heterocycles. The molecule has 12 nitrogen and oxygen atoms in total. The number of nitrogens with one attached hydrogen (secondary N) is 1. The van der Waals surface area contributed by atoms with E-state index in [-0.39, 0.29) is 48.1 Å². The Morgan fingerprint density at radius 3 is 1.65 bits per heavy atom. The monoisotopic (exact) mass is 631 g/mol. The number of carbonyl (C=O) groups is 5. The maximum absolute atomic E-state index is 12.5. The molecule has 1 N–H and O–H groups in total. The Balaban J connectivity index is 1.39. The fourth-order valence-corrected chi connectivity index (χ4v) is 3.44. The van der Waals surface area contributed by atoms with E-state index in [0.29, 0.717) is 30.8 Å². The smallest absolute Gasteiger partial charge is 0.412 e. The fraction of sp³-hybridized carbons (Fsp3) is 0.206. The minimum absolute atomic E-state index is 0.0409. The van der Waals surface area contributed by atoms with Crippen molar-refractivity contribution in [2.45, 2.75) is 19.8 Å². The number of hydrogen-bond acceptors (Lipinski definition) is 11. The molecule has 3 aromatic carbocycles. The maximum Gasteiger partial charge on any atom is 0.412 e. The highest BCUT2D eigenvalue weighted by Crippen LogP contribution is 2.21. The van der Waals surface area contributed by atoms with Gasteiger partial charge in [-0.05, 0) is 92.6 Å². The third-order valence-corrected chi connectivity index (χ3v) is 5.81. The molecule has 46 heavy (non-hydrogen) atoms. The van der Waals surface area contributed by atoms with Gasteiger partial charge in [-0.25, -0.2) is 24.0 Å². The predicted octanol–water partition coefficient (Wildman–Crippen LogP) is 5.22. The van der Waals surface area contributed by atoms with Crippen LogP contribution in [-0.2, 0) is 19.1 Å². The molecule has 240 valence electrons. The predicted molar refractivity (Wildman–Crippen MR) is 165 cm³/mol. The molecule has 0 bridgehead atoms. The van der Waals surface area contributed by atoms with Crippen molar-refractivity contribution < 1.29 is 52.4 Å². The molecule has 0 fully saturated rings. The molecular weight excluding hydrogens is 598 g/mol. The van der Waals surface area contributed by atoms with Gasteiger partial charge in [-0.15, -0.1) is 0 Å². The summed E-state index contributed by atoms with van der Waals surface area (Å²) < 4.78 is 31.3. The van der Waals surface area contributed by atoms with Crippen molar-refractivity contribution in [2.24, 2.45) is 0 Å². The molecule has 0 aliphatic heterocycles. The Morgan fingerprint density at radius 2 is 1.13 bits per heavy atom. The van der Waals surface area contributed by atoms with Crippen LogP contribution in [0.2, 0.25) is 0 Å². The highest BCUT2D eigenvalue weighted by Gasteiger charge is 2.13. The first-order valence-corrected chi connectivity index (χ1v) is 14.1. The second-order valence-corrected chi connectivity index (χ2v) is 9.46. The van der Waals surface area contributed by atoms with Gasteiger partial charge in [0, 0.05) is 11.6 Å². The molecule has 0 atom stereocenters. The van der Waals surface area contributed by atoms with Crippen molar-refractivity contribution in [3.8, 4) is 23.0 Å². The van der Waals surface area contributed by atoms with E-state index in [1.807, 2.05) is 0 Å². The van der Waals surface area contributed by atoms with E-state index in [0.717, 1.165) is 6.08 Å². The van der Waals surface area contributed by atoms with E-state index >= 15 is 0 Å². The number of ether oxygens (including phenoxy) is 6. The van der Waals surface area contributed by atoms with Crippen LogP contribution in [0.25, 0.3) is 0 Å². The summed E-state index contributed by atoms with van der Waals surface area (Å²) >= 11 is 0. The summed E-state index contributed by atoms with van der Waals surface area (Å²) in [6, 6.07) is 18.1. The number of hydrogen-bond donors (Lipinski definition) is 1. The zero-order chi connectivity index (χ0) is 33.3. The first-order chi connectivity index (χ1) is 22.1. The van der Waals surface area contributed by atoms with E-state index in [4.69, 9.17) is 28.4 Å². The Morgan fingerprint density at radius 1 is 0.652 bits per heavy atom. The summed E-state index contributed by atoms with van der Waals surface area (Å²) in [6.07, 6.45) is 1.68. The average Bonchev–Trinajstić information content (AvgIpc) is 3.05. The first kappa shape index (κ1) is 34.6. The highest BCUT2D eigenvalue weighted by atomic mass is 16.6. The van der Waals surface area contributed by atoms with Gasteiger partial charge in [-0.1, -0.05) is 13.2 Å². The summed E-state index contributed by atoms with van der Waals surface area (Å²) in [5, 5.41) is 2.43. The lowest BCUT2D eigenvalue weighted by atomic mass is 10.2. The van der Waals surface area contributed by atoms with Gasteiger partial charge in [0.25, 0.3) is 0 Å². The summed E-state index contributed by atoms with van der Waals surface area (Å²) in [4.78, 5) is 59.3. The zero-order valence-corrected chi connectivity index (χ0v) is 25.2. The van der Waals surface area contributed by atoms with E-state index in [1.54, 1.807) is 24.3 Å². The Bertz CT molecular complexity index is 1530. The molecule has 0 radical (unpaired) electrons. The lowest BCUT2D eigenvalue weighted by Gasteiger charge is -2.09. The van der Waals surface area contributed by atoms with Gasteiger partial charge in [0.05, 0.1) is 30.9 Å². The van der Waals surface area contributed by atoms with Crippen molar-refractivity contribution in [2.75, 3.05) is 26.4 Å². The Labute approximate surface area is 265 Å². The number of amides is 1. The SMILES string of the molecule is C=CC(=O)OCCCCOc1ccc(C(=O)Oc2ccc(OC(=O)c3ccc(OC(=O)NCCOC(=O)C(=C)C)cc3)cc2)cc1. The van der Waals surface area contributed by atoms with Crippen LogP contribution in [-0.4, -0.2) is 56.3 Å². The van der Waals surface area contributed by atoms with Crippen LogP contribution < -0.4 is 24.3 Å². The second kappa shape index (κ2) is 18.0. The van der Waals surface area contributed by atoms with Crippen LogP contribution in [0.1, 0.15) is 40.5 Å². The zero-order valence-electron chi connectivity index (χ0n) is 25.2. The lowest BCUT2D eigenvalue weighted by molar-refractivity contribution is -0.139. The van der Waals surface area contributed by atoms with E-state index in [2.05, 4.69) is 18.5 Å². The van der Waals surface area contributed by atoms with Crippen LogP contribution in [0.5, 0.6) is 23.0 Å². The van der Waals surface area contributed by atoms with E-state index in [1.165, 1.54) is 55.5 Å². The highest BCUT2D eigenvalue weighted by molar-refractivity contribution is 5.92. The van der Waals surface area contributed by atoms with Crippen LogP contribution in [0, 0.1) is 0 Å². The van der Waals surface area contributed by atoms with Gasteiger partial charge in [0.15, 0.2) is 0 Å². The van der Waals surface area contributed by atoms with Crippen molar-refractivity contribution in [3.05, 3.63) is 109 Å². The Hall–Kier alpha value is -5.91. The molecule has 12 heteroatoms. The molecule has 0 aliphatic rings. The fourth-order valence-electron chi connectivity index (χ4n) is 3.44. The summed E-state index contributed by atoms with van der Waals surface area (Å²) in [5.41, 5.74) is 0.770. The number of rotatable bonds is 16. The van der Waals surface area contributed by atoms with Gasteiger partial charge >= 0.3 is 30.0 Å². The van der Waals surface area contributed by atoms with Crippen molar-refractivity contribution in [1.29, 1.82) is 0 Å². The van der Waals surface area contributed by atoms with Crippen molar-refractivity contribution in [1.82, 2.24) is 5.32 Å². The van der Waals surface area contributed by atoms with Gasteiger partial charge in [-0.2, -0.15) is 0 Å².